The monoisotopic (exact) mass is 249 g/mol. The molecule has 1 rings (SSSR count). The summed E-state index contributed by atoms with van der Waals surface area (Å²) in [4.78, 5) is 0. The molecule has 7 heteroatoms. The number of aliphatic hydroxyl groups is 2. The number of anilines is 1. The lowest BCUT2D eigenvalue weighted by atomic mass is 10.4. The van der Waals surface area contributed by atoms with E-state index in [1.807, 2.05) is 13.8 Å². The normalized spacial score (nSPS) is 13.1. The lowest BCUT2D eigenvalue weighted by Crippen LogP contribution is -2.14. The van der Waals surface area contributed by atoms with Gasteiger partial charge >= 0.3 is 0 Å². The largest absolute Gasteiger partial charge is 0.394 e. The molecule has 0 fully saturated rings. The maximum atomic E-state index is 9.14. The number of aromatic nitrogens is 2. The van der Waals surface area contributed by atoms with E-state index < -0.39 is 6.10 Å². The second kappa shape index (κ2) is 6.26. The van der Waals surface area contributed by atoms with Gasteiger partial charge in [-0.15, -0.1) is 10.2 Å². The minimum atomic E-state index is -0.694. The highest BCUT2D eigenvalue weighted by molar-refractivity contribution is 8.01. The van der Waals surface area contributed by atoms with Crippen molar-refractivity contribution < 1.29 is 10.2 Å². The van der Waals surface area contributed by atoms with Crippen molar-refractivity contribution in [1.82, 2.24) is 10.2 Å². The van der Waals surface area contributed by atoms with Gasteiger partial charge in [-0.05, 0) is 13.8 Å². The van der Waals surface area contributed by atoms with Crippen LogP contribution in [0.25, 0.3) is 0 Å². The Kier molecular flexibility index (Phi) is 5.30. The first-order valence-electron chi connectivity index (χ1n) is 4.63. The zero-order chi connectivity index (χ0) is 11.3. The van der Waals surface area contributed by atoms with Gasteiger partial charge in [0, 0.05) is 11.8 Å². The SMILES string of the molecule is CC(C)Nc1nnc(SC[C@H](O)CO)s1. The number of hydrogen-bond acceptors (Lipinski definition) is 7. The predicted molar refractivity (Wildman–Crippen MR) is 62.5 cm³/mol. The van der Waals surface area contributed by atoms with E-state index in [0.717, 1.165) is 9.47 Å². The van der Waals surface area contributed by atoms with Crippen molar-refractivity contribution in [1.29, 1.82) is 0 Å². The zero-order valence-corrected chi connectivity index (χ0v) is 10.3. The highest BCUT2D eigenvalue weighted by Crippen LogP contribution is 2.26. The number of aliphatic hydroxyl groups excluding tert-OH is 2. The lowest BCUT2D eigenvalue weighted by Gasteiger charge is -2.04. The summed E-state index contributed by atoms with van der Waals surface area (Å²) in [5.74, 6) is 0.437. The standard InChI is InChI=1S/C8H15N3O2S2/c1-5(2)9-7-10-11-8(15-7)14-4-6(13)3-12/h5-6,12-13H,3-4H2,1-2H3,(H,9,10)/t6-/m1/s1. The fourth-order valence-corrected chi connectivity index (χ4v) is 2.63. The third-order valence-corrected chi connectivity index (χ3v) is 3.56. The van der Waals surface area contributed by atoms with Gasteiger partial charge in [0.2, 0.25) is 5.13 Å². The van der Waals surface area contributed by atoms with E-state index in [-0.39, 0.29) is 6.61 Å². The molecular formula is C8H15N3O2S2. The van der Waals surface area contributed by atoms with Gasteiger partial charge in [-0.1, -0.05) is 23.1 Å². The molecule has 0 spiro atoms. The van der Waals surface area contributed by atoms with Gasteiger partial charge in [0.1, 0.15) is 0 Å². The molecule has 3 N–H and O–H groups in total. The van der Waals surface area contributed by atoms with Crippen LogP contribution in [0.5, 0.6) is 0 Å². The van der Waals surface area contributed by atoms with Crippen molar-refractivity contribution in [3.05, 3.63) is 0 Å². The van der Waals surface area contributed by atoms with Gasteiger partial charge in [0.05, 0.1) is 12.7 Å². The summed E-state index contributed by atoms with van der Waals surface area (Å²) in [5.41, 5.74) is 0. The van der Waals surface area contributed by atoms with E-state index in [1.165, 1.54) is 23.1 Å². The minimum Gasteiger partial charge on any atom is -0.394 e. The first-order chi connectivity index (χ1) is 7.11. The molecule has 0 aliphatic rings. The van der Waals surface area contributed by atoms with Gasteiger partial charge in [-0.2, -0.15) is 0 Å². The van der Waals surface area contributed by atoms with E-state index in [4.69, 9.17) is 10.2 Å². The Morgan fingerprint density at radius 2 is 2.20 bits per heavy atom. The van der Waals surface area contributed by atoms with Crippen LogP contribution in [0.15, 0.2) is 4.34 Å². The van der Waals surface area contributed by atoms with E-state index in [2.05, 4.69) is 15.5 Å². The van der Waals surface area contributed by atoms with Gasteiger partial charge in [-0.25, -0.2) is 0 Å². The van der Waals surface area contributed by atoms with Crippen LogP contribution in [0.4, 0.5) is 5.13 Å². The Balaban J connectivity index is 2.39. The quantitative estimate of drug-likeness (QED) is 0.647. The molecule has 86 valence electrons. The van der Waals surface area contributed by atoms with Crippen LogP contribution in [0.1, 0.15) is 13.8 Å². The Labute approximate surface area is 96.9 Å². The van der Waals surface area contributed by atoms with Crippen molar-refractivity contribution in [2.45, 2.75) is 30.3 Å². The molecule has 0 saturated carbocycles. The second-order valence-corrected chi connectivity index (χ2v) is 5.56. The van der Waals surface area contributed by atoms with Gasteiger partial charge in [0.15, 0.2) is 4.34 Å². The molecule has 0 unspecified atom stereocenters. The van der Waals surface area contributed by atoms with Crippen molar-refractivity contribution >= 4 is 28.2 Å². The van der Waals surface area contributed by atoms with Crippen LogP contribution in [-0.2, 0) is 0 Å². The molecule has 15 heavy (non-hydrogen) atoms. The van der Waals surface area contributed by atoms with Crippen molar-refractivity contribution in [2.75, 3.05) is 17.7 Å². The summed E-state index contributed by atoms with van der Waals surface area (Å²) in [5, 5.41) is 29.6. The van der Waals surface area contributed by atoms with E-state index in [9.17, 15) is 0 Å². The van der Waals surface area contributed by atoms with Crippen LogP contribution in [0.2, 0.25) is 0 Å². The zero-order valence-electron chi connectivity index (χ0n) is 8.67. The summed E-state index contributed by atoms with van der Waals surface area (Å²) < 4.78 is 0.797. The number of thioether (sulfide) groups is 1. The lowest BCUT2D eigenvalue weighted by molar-refractivity contribution is 0.113. The fraction of sp³-hybridized carbons (Fsp3) is 0.750. The molecule has 0 saturated heterocycles. The van der Waals surface area contributed by atoms with Crippen LogP contribution >= 0.6 is 23.1 Å². The van der Waals surface area contributed by atoms with E-state index >= 15 is 0 Å². The van der Waals surface area contributed by atoms with Crippen molar-refractivity contribution in [3.63, 3.8) is 0 Å². The van der Waals surface area contributed by atoms with E-state index in [0.29, 0.717) is 11.8 Å². The maximum Gasteiger partial charge on any atom is 0.206 e. The first kappa shape index (κ1) is 12.7. The van der Waals surface area contributed by atoms with Gasteiger partial charge in [0.25, 0.3) is 0 Å². The average molecular weight is 249 g/mol. The number of rotatable bonds is 6. The van der Waals surface area contributed by atoms with Gasteiger partial charge in [-0.3, -0.25) is 0 Å². The fourth-order valence-electron chi connectivity index (χ4n) is 0.794. The van der Waals surface area contributed by atoms with E-state index in [1.54, 1.807) is 0 Å². The molecule has 1 aromatic heterocycles. The average Bonchev–Trinajstić information content (AvgIpc) is 2.61. The van der Waals surface area contributed by atoms with Crippen LogP contribution < -0.4 is 5.32 Å². The molecule has 1 aromatic rings. The highest BCUT2D eigenvalue weighted by Gasteiger charge is 2.08. The summed E-state index contributed by atoms with van der Waals surface area (Å²) in [6.45, 7) is 3.84. The molecule has 1 atom stereocenters. The summed E-state index contributed by atoms with van der Waals surface area (Å²) >= 11 is 2.85. The summed E-state index contributed by atoms with van der Waals surface area (Å²) in [6.07, 6.45) is -0.694. The van der Waals surface area contributed by atoms with Crippen molar-refractivity contribution in [3.8, 4) is 0 Å². The van der Waals surface area contributed by atoms with Crippen LogP contribution in [0, 0.1) is 0 Å². The highest BCUT2D eigenvalue weighted by atomic mass is 32.2. The Morgan fingerprint density at radius 3 is 2.80 bits per heavy atom. The molecule has 1 heterocycles. The predicted octanol–water partition coefficient (Wildman–Crippen LogP) is 0.804. The van der Waals surface area contributed by atoms with Crippen molar-refractivity contribution in [2.24, 2.45) is 0 Å². The molecular weight excluding hydrogens is 234 g/mol. The molecule has 0 bridgehead atoms. The van der Waals surface area contributed by atoms with Crippen LogP contribution in [-0.4, -0.2) is 44.9 Å². The van der Waals surface area contributed by atoms with Gasteiger partial charge < -0.3 is 15.5 Å². The Morgan fingerprint density at radius 1 is 1.47 bits per heavy atom. The maximum absolute atomic E-state index is 9.14. The Hall–Kier alpha value is -0.370. The third kappa shape index (κ3) is 4.78. The minimum absolute atomic E-state index is 0.219. The first-order valence-corrected chi connectivity index (χ1v) is 6.43. The molecule has 5 nitrogen and oxygen atoms in total. The van der Waals surface area contributed by atoms with Crippen LogP contribution in [0.3, 0.4) is 0 Å². The summed E-state index contributed by atoms with van der Waals surface area (Å²) in [6, 6.07) is 0.332. The topological polar surface area (TPSA) is 78.3 Å². The second-order valence-electron chi connectivity index (χ2n) is 3.32. The molecule has 0 aliphatic carbocycles. The summed E-state index contributed by atoms with van der Waals surface area (Å²) in [7, 11) is 0. The third-order valence-electron chi connectivity index (χ3n) is 1.43. The number of hydrogen-bond donors (Lipinski definition) is 3. The molecule has 0 aromatic carbocycles. The molecule has 0 aliphatic heterocycles. The number of nitrogens with zero attached hydrogens (tertiary/aromatic N) is 2. The Bertz CT molecular complexity index is 293. The number of nitrogens with one attached hydrogen (secondary N) is 1. The smallest absolute Gasteiger partial charge is 0.206 e. The molecule has 0 radical (unpaired) electrons. The molecule has 0 amide bonds.